The van der Waals surface area contributed by atoms with Crippen LogP contribution in [0.5, 0.6) is 0 Å². The summed E-state index contributed by atoms with van der Waals surface area (Å²) in [4.78, 5) is 11.6. The van der Waals surface area contributed by atoms with Crippen LogP contribution in [0.15, 0.2) is 19.0 Å². The molecule has 0 spiro atoms. The van der Waals surface area contributed by atoms with Crippen molar-refractivity contribution in [2.24, 2.45) is 0 Å². The Labute approximate surface area is 126 Å². The second kappa shape index (κ2) is 7.83. The van der Waals surface area contributed by atoms with E-state index in [0.29, 0.717) is 13.1 Å². The van der Waals surface area contributed by atoms with Gasteiger partial charge in [-0.2, -0.15) is 5.10 Å². The van der Waals surface area contributed by atoms with Crippen LogP contribution in [-0.2, 0) is 11.3 Å². The first kappa shape index (κ1) is 17.2. The molecule has 1 heterocycles. The Morgan fingerprint density at radius 2 is 2.29 bits per heavy atom. The number of carbonyl (C=O) groups is 1. The SMILES string of the molecule is C=Cn1cc(CNC(CC)CNC(=O)OC(C)(C)C)cn1. The maximum Gasteiger partial charge on any atom is 0.407 e. The molecule has 0 saturated carbocycles. The van der Waals surface area contributed by atoms with Crippen molar-refractivity contribution in [1.82, 2.24) is 20.4 Å². The highest BCUT2D eigenvalue weighted by atomic mass is 16.6. The summed E-state index contributed by atoms with van der Waals surface area (Å²) in [6.07, 6.45) is 5.87. The molecule has 6 nitrogen and oxygen atoms in total. The highest BCUT2D eigenvalue weighted by Gasteiger charge is 2.16. The molecule has 1 rings (SSSR count). The van der Waals surface area contributed by atoms with Gasteiger partial charge >= 0.3 is 6.09 Å². The van der Waals surface area contributed by atoms with Gasteiger partial charge in [-0.1, -0.05) is 13.5 Å². The van der Waals surface area contributed by atoms with E-state index in [2.05, 4.69) is 29.2 Å². The van der Waals surface area contributed by atoms with Crippen LogP contribution in [0.4, 0.5) is 4.79 Å². The summed E-state index contributed by atoms with van der Waals surface area (Å²) >= 11 is 0. The third-order valence-electron chi connectivity index (χ3n) is 2.82. The molecule has 2 N–H and O–H groups in total. The van der Waals surface area contributed by atoms with Crippen molar-refractivity contribution in [3.8, 4) is 0 Å². The van der Waals surface area contributed by atoms with Gasteiger partial charge in [-0.3, -0.25) is 0 Å². The largest absolute Gasteiger partial charge is 0.444 e. The number of rotatable bonds is 7. The van der Waals surface area contributed by atoms with Gasteiger partial charge in [0.1, 0.15) is 5.60 Å². The molecule has 1 aromatic rings. The van der Waals surface area contributed by atoms with Crippen molar-refractivity contribution in [1.29, 1.82) is 0 Å². The maximum atomic E-state index is 11.6. The van der Waals surface area contributed by atoms with Crippen LogP contribution in [0.1, 0.15) is 39.7 Å². The number of aromatic nitrogens is 2. The number of nitrogens with zero attached hydrogens (tertiary/aromatic N) is 2. The van der Waals surface area contributed by atoms with Crippen LogP contribution in [0.25, 0.3) is 6.20 Å². The van der Waals surface area contributed by atoms with E-state index < -0.39 is 5.60 Å². The lowest BCUT2D eigenvalue weighted by Gasteiger charge is -2.22. The first-order chi connectivity index (χ1) is 9.84. The third-order valence-corrected chi connectivity index (χ3v) is 2.82. The fourth-order valence-corrected chi connectivity index (χ4v) is 1.71. The van der Waals surface area contributed by atoms with E-state index in [1.807, 2.05) is 27.0 Å². The molecule has 118 valence electrons. The minimum absolute atomic E-state index is 0.185. The van der Waals surface area contributed by atoms with E-state index in [-0.39, 0.29) is 12.1 Å². The standard InChI is InChI=1S/C15H26N4O2/c1-6-13(10-17-14(20)21-15(3,4)5)16-8-12-9-18-19(7-2)11-12/h7,9,11,13,16H,2,6,8,10H2,1,3-5H3,(H,17,20). The average molecular weight is 294 g/mol. The van der Waals surface area contributed by atoms with Crippen LogP contribution >= 0.6 is 0 Å². The molecule has 0 aromatic carbocycles. The fourth-order valence-electron chi connectivity index (χ4n) is 1.71. The lowest BCUT2D eigenvalue weighted by atomic mass is 10.2. The zero-order valence-corrected chi connectivity index (χ0v) is 13.3. The van der Waals surface area contributed by atoms with Crippen molar-refractivity contribution in [2.45, 2.75) is 52.3 Å². The molecule has 0 radical (unpaired) electrons. The Morgan fingerprint density at radius 3 is 2.81 bits per heavy atom. The van der Waals surface area contributed by atoms with Crippen LogP contribution in [-0.4, -0.2) is 34.1 Å². The van der Waals surface area contributed by atoms with Crippen molar-refractivity contribution >= 4 is 12.3 Å². The van der Waals surface area contributed by atoms with Gasteiger partial charge in [0.2, 0.25) is 0 Å². The van der Waals surface area contributed by atoms with E-state index in [9.17, 15) is 4.79 Å². The molecule has 1 amide bonds. The van der Waals surface area contributed by atoms with Crippen molar-refractivity contribution in [2.75, 3.05) is 6.54 Å². The number of nitrogens with one attached hydrogen (secondary N) is 2. The number of ether oxygens (including phenoxy) is 1. The first-order valence-electron chi connectivity index (χ1n) is 7.20. The van der Waals surface area contributed by atoms with Crippen LogP contribution < -0.4 is 10.6 Å². The molecule has 6 heteroatoms. The van der Waals surface area contributed by atoms with E-state index in [1.54, 1.807) is 17.1 Å². The van der Waals surface area contributed by atoms with Gasteiger partial charge in [0.05, 0.1) is 6.20 Å². The first-order valence-corrected chi connectivity index (χ1v) is 7.20. The van der Waals surface area contributed by atoms with Gasteiger partial charge in [-0.15, -0.1) is 0 Å². The molecule has 21 heavy (non-hydrogen) atoms. The van der Waals surface area contributed by atoms with Gasteiger partial charge in [-0.25, -0.2) is 9.48 Å². The second-order valence-electron chi connectivity index (χ2n) is 5.88. The Morgan fingerprint density at radius 1 is 1.57 bits per heavy atom. The number of hydrogen-bond acceptors (Lipinski definition) is 4. The number of hydrogen-bond donors (Lipinski definition) is 2. The monoisotopic (exact) mass is 294 g/mol. The highest BCUT2D eigenvalue weighted by Crippen LogP contribution is 2.06. The summed E-state index contributed by atoms with van der Waals surface area (Å²) < 4.78 is 6.87. The summed E-state index contributed by atoms with van der Waals surface area (Å²) in [5, 5.41) is 10.3. The molecule has 0 bridgehead atoms. The topological polar surface area (TPSA) is 68.2 Å². The Bertz CT molecular complexity index is 462. The lowest BCUT2D eigenvalue weighted by molar-refractivity contribution is 0.0522. The summed E-state index contributed by atoms with van der Waals surface area (Å²) in [7, 11) is 0. The molecule has 1 unspecified atom stereocenters. The van der Waals surface area contributed by atoms with Crippen molar-refractivity contribution in [3.05, 3.63) is 24.5 Å². The van der Waals surface area contributed by atoms with Gasteiger partial charge in [0, 0.05) is 37.1 Å². The third kappa shape index (κ3) is 6.94. The van der Waals surface area contributed by atoms with Crippen LogP contribution in [0, 0.1) is 0 Å². The minimum Gasteiger partial charge on any atom is -0.444 e. The molecule has 0 fully saturated rings. The summed E-state index contributed by atoms with van der Waals surface area (Å²) in [5.41, 5.74) is 0.601. The second-order valence-corrected chi connectivity index (χ2v) is 5.88. The highest BCUT2D eigenvalue weighted by molar-refractivity contribution is 5.67. The van der Waals surface area contributed by atoms with E-state index in [0.717, 1.165) is 12.0 Å². The quantitative estimate of drug-likeness (QED) is 0.810. The molecule has 0 aliphatic heterocycles. The van der Waals surface area contributed by atoms with Crippen LogP contribution in [0.2, 0.25) is 0 Å². The fraction of sp³-hybridized carbons (Fsp3) is 0.600. The Hall–Kier alpha value is -1.82. The summed E-state index contributed by atoms with van der Waals surface area (Å²) in [6, 6.07) is 0.185. The molecule has 1 atom stereocenters. The smallest absolute Gasteiger partial charge is 0.407 e. The predicted octanol–water partition coefficient (Wildman–Crippen LogP) is 2.38. The minimum atomic E-state index is -0.474. The molecule has 0 saturated heterocycles. The number of amides is 1. The normalized spacial score (nSPS) is 12.8. The number of alkyl carbamates (subject to hydrolysis) is 1. The van der Waals surface area contributed by atoms with E-state index in [4.69, 9.17) is 4.74 Å². The molecule has 0 aliphatic carbocycles. The lowest BCUT2D eigenvalue weighted by Crippen LogP contribution is -2.42. The molecular weight excluding hydrogens is 268 g/mol. The average Bonchev–Trinajstić information content (AvgIpc) is 2.85. The molecular formula is C15H26N4O2. The zero-order valence-electron chi connectivity index (χ0n) is 13.3. The van der Waals surface area contributed by atoms with Gasteiger partial charge in [0.25, 0.3) is 0 Å². The predicted molar refractivity (Wildman–Crippen MR) is 83.8 cm³/mol. The molecule has 1 aromatic heterocycles. The van der Waals surface area contributed by atoms with Gasteiger partial charge in [-0.05, 0) is 27.2 Å². The van der Waals surface area contributed by atoms with Gasteiger partial charge < -0.3 is 15.4 Å². The summed E-state index contributed by atoms with van der Waals surface area (Å²) in [5.74, 6) is 0. The molecule has 0 aliphatic rings. The van der Waals surface area contributed by atoms with Gasteiger partial charge in [0.15, 0.2) is 0 Å². The summed E-state index contributed by atoms with van der Waals surface area (Å²) in [6.45, 7) is 12.5. The number of carbonyl (C=O) groups excluding carboxylic acids is 1. The van der Waals surface area contributed by atoms with Crippen molar-refractivity contribution < 1.29 is 9.53 Å². The zero-order chi connectivity index (χ0) is 15.9. The van der Waals surface area contributed by atoms with Crippen LogP contribution in [0.3, 0.4) is 0 Å². The Kier molecular flexibility index (Phi) is 6.42. The van der Waals surface area contributed by atoms with E-state index >= 15 is 0 Å². The van der Waals surface area contributed by atoms with E-state index in [1.165, 1.54) is 0 Å². The van der Waals surface area contributed by atoms with Crippen molar-refractivity contribution in [3.63, 3.8) is 0 Å². The maximum absolute atomic E-state index is 11.6. The Balaban J connectivity index is 2.34.